The van der Waals surface area contributed by atoms with E-state index in [1.165, 1.54) is 5.56 Å². The molecule has 2 unspecified atom stereocenters. The summed E-state index contributed by atoms with van der Waals surface area (Å²) in [7, 11) is 0. The molecule has 1 N–H and O–H groups in total. The molecule has 4 heteroatoms. The average Bonchev–Trinajstić information content (AvgIpc) is 3.01. The third kappa shape index (κ3) is 2.97. The predicted octanol–water partition coefficient (Wildman–Crippen LogP) is 2.12. The number of hydrogen-bond acceptors (Lipinski definition) is 3. The van der Waals surface area contributed by atoms with Crippen molar-refractivity contribution < 1.29 is 9.53 Å². The van der Waals surface area contributed by atoms with E-state index in [2.05, 4.69) is 31.3 Å². The largest absolute Gasteiger partial charge is 0.368 e. The summed E-state index contributed by atoms with van der Waals surface area (Å²) < 4.78 is 5.59. The Bertz CT molecular complexity index is 495. The highest BCUT2D eigenvalue weighted by Gasteiger charge is 2.40. The lowest BCUT2D eigenvalue weighted by molar-refractivity contribution is -0.148. The molecule has 0 aliphatic carbocycles. The van der Waals surface area contributed by atoms with Crippen molar-refractivity contribution in [1.82, 2.24) is 10.2 Å². The van der Waals surface area contributed by atoms with Gasteiger partial charge in [0.05, 0.1) is 0 Å². The first-order chi connectivity index (χ1) is 10.1. The molecule has 0 spiro atoms. The van der Waals surface area contributed by atoms with Gasteiger partial charge in [0.15, 0.2) is 0 Å². The van der Waals surface area contributed by atoms with Crippen LogP contribution in [0, 0.1) is 0 Å². The van der Waals surface area contributed by atoms with Crippen LogP contribution in [0.4, 0.5) is 0 Å². The van der Waals surface area contributed by atoms with Crippen LogP contribution in [0.3, 0.4) is 0 Å². The van der Waals surface area contributed by atoms with Gasteiger partial charge in [-0.05, 0) is 32.3 Å². The Morgan fingerprint density at radius 2 is 2.10 bits per heavy atom. The van der Waals surface area contributed by atoms with Crippen molar-refractivity contribution in [3.05, 3.63) is 35.9 Å². The molecule has 2 atom stereocenters. The predicted molar refractivity (Wildman–Crippen MR) is 82.0 cm³/mol. The molecule has 114 valence electrons. The maximum Gasteiger partial charge on any atom is 0.252 e. The number of piperazine rings is 1. The second kappa shape index (κ2) is 5.78. The molecule has 4 nitrogen and oxygen atoms in total. The molecular weight excluding hydrogens is 264 g/mol. The Kier molecular flexibility index (Phi) is 4.00. The first-order valence-corrected chi connectivity index (χ1v) is 7.79. The molecule has 0 bridgehead atoms. The molecule has 1 aromatic rings. The summed E-state index contributed by atoms with van der Waals surface area (Å²) in [5.74, 6) is 0.153. The van der Waals surface area contributed by atoms with Crippen molar-refractivity contribution >= 4 is 5.91 Å². The number of rotatable bonds is 2. The zero-order valence-corrected chi connectivity index (χ0v) is 12.8. The SMILES string of the molecule is CC1(C)CNC(c2ccccc2)CN1C(=O)C1CCCO1. The van der Waals surface area contributed by atoms with Gasteiger partial charge in [-0.15, -0.1) is 0 Å². The molecule has 21 heavy (non-hydrogen) atoms. The van der Waals surface area contributed by atoms with E-state index in [1.807, 2.05) is 23.1 Å². The highest BCUT2D eigenvalue weighted by Crippen LogP contribution is 2.28. The van der Waals surface area contributed by atoms with Crippen LogP contribution in [0.2, 0.25) is 0 Å². The van der Waals surface area contributed by atoms with Gasteiger partial charge < -0.3 is 15.0 Å². The number of nitrogens with one attached hydrogen (secondary N) is 1. The zero-order chi connectivity index (χ0) is 14.9. The normalized spacial score (nSPS) is 28.6. The van der Waals surface area contributed by atoms with Crippen LogP contribution in [0.15, 0.2) is 30.3 Å². The maximum absolute atomic E-state index is 12.8. The summed E-state index contributed by atoms with van der Waals surface area (Å²) >= 11 is 0. The van der Waals surface area contributed by atoms with E-state index in [0.29, 0.717) is 13.2 Å². The maximum atomic E-state index is 12.8. The summed E-state index contributed by atoms with van der Waals surface area (Å²) in [6.45, 7) is 6.45. The highest BCUT2D eigenvalue weighted by molar-refractivity contribution is 5.82. The van der Waals surface area contributed by atoms with Gasteiger partial charge in [-0.25, -0.2) is 0 Å². The third-order valence-corrected chi connectivity index (χ3v) is 4.55. The molecule has 2 aliphatic rings. The van der Waals surface area contributed by atoms with Gasteiger partial charge >= 0.3 is 0 Å². The molecule has 1 aromatic carbocycles. The highest BCUT2D eigenvalue weighted by atomic mass is 16.5. The first kappa shape index (κ1) is 14.5. The van der Waals surface area contributed by atoms with Crippen molar-refractivity contribution in [3.8, 4) is 0 Å². The monoisotopic (exact) mass is 288 g/mol. The number of carbonyl (C=O) groups is 1. The third-order valence-electron chi connectivity index (χ3n) is 4.55. The fourth-order valence-corrected chi connectivity index (χ4v) is 3.21. The average molecular weight is 288 g/mol. The van der Waals surface area contributed by atoms with E-state index in [-0.39, 0.29) is 23.6 Å². The van der Waals surface area contributed by atoms with Gasteiger partial charge in [0.25, 0.3) is 5.91 Å². The Morgan fingerprint density at radius 3 is 2.76 bits per heavy atom. The number of benzene rings is 1. The van der Waals surface area contributed by atoms with Gasteiger partial charge in [0.2, 0.25) is 0 Å². The van der Waals surface area contributed by atoms with Crippen LogP contribution in [0.1, 0.15) is 38.3 Å². The molecule has 2 fully saturated rings. The van der Waals surface area contributed by atoms with E-state index in [9.17, 15) is 4.79 Å². The topological polar surface area (TPSA) is 41.6 Å². The van der Waals surface area contributed by atoms with Gasteiger partial charge in [0.1, 0.15) is 6.10 Å². The van der Waals surface area contributed by atoms with Crippen LogP contribution < -0.4 is 5.32 Å². The van der Waals surface area contributed by atoms with Crippen molar-refractivity contribution in [2.45, 2.75) is 44.4 Å². The molecule has 0 radical (unpaired) electrons. The van der Waals surface area contributed by atoms with Crippen LogP contribution in [-0.4, -0.2) is 42.1 Å². The second-order valence-electron chi connectivity index (χ2n) is 6.61. The number of carbonyl (C=O) groups excluding carboxylic acids is 1. The zero-order valence-electron chi connectivity index (χ0n) is 12.8. The summed E-state index contributed by atoms with van der Waals surface area (Å²) in [6, 6.07) is 10.5. The van der Waals surface area contributed by atoms with Crippen molar-refractivity contribution in [1.29, 1.82) is 0 Å². The molecule has 0 aromatic heterocycles. The molecule has 2 saturated heterocycles. The van der Waals surface area contributed by atoms with Crippen LogP contribution >= 0.6 is 0 Å². The van der Waals surface area contributed by atoms with Gasteiger partial charge in [-0.1, -0.05) is 30.3 Å². The van der Waals surface area contributed by atoms with E-state index < -0.39 is 0 Å². The fourth-order valence-electron chi connectivity index (χ4n) is 3.21. The molecule has 2 aliphatic heterocycles. The minimum atomic E-state index is -0.237. The van der Waals surface area contributed by atoms with Gasteiger partial charge in [0, 0.05) is 31.3 Å². The summed E-state index contributed by atoms with van der Waals surface area (Å²) in [5, 5.41) is 3.57. The number of nitrogens with zero attached hydrogens (tertiary/aromatic N) is 1. The van der Waals surface area contributed by atoms with Crippen molar-refractivity contribution in [2.24, 2.45) is 0 Å². The van der Waals surface area contributed by atoms with Crippen molar-refractivity contribution in [3.63, 3.8) is 0 Å². The molecule has 3 rings (SSSR count). The number of amides is 1. The lowest BCUT2D eigenvalue weighted by Gasteiger charge is -2.47. The summed E-state index contributed by atoms with van der Waals surface area (Å²) in [6.07, 6.45) is 1.61. The molecule has 1 amide bonds. The smallest absolute Gasteiger partial charge is 0.252 e. The van der Waals surface area contributed by atoms with E-state index in [1.54, 1.807) is 0 Å². The van der Waals surface area contributed by atoms with E-state index in [0.717, 1.165) is 19.4 Å². The molecular formula is C17H24N2O2. The first-order valence-electron chi connectivity index (χ1n) is 7.79. The second-order valence-corrected chi connectivity index (χ2v) is 6.61. The molecule has 2 heterocycles. The minimum absolute atomic E-state index is 0.153. The van der Waals surface area contributed by atoms with E-state index >= 15 is 0 Å². The van der Waals surface area contributed by atoms with Gasteiger partial charge in [-0.3, -0.25) is 4.79 Å². The Balaban J connectivity index is 1.77. The lowest BCUT2D eigenvalue weighted by atomic mass is 9.93. The van der Waals surface area contributed by atoms with Crippen molar-refractivity contribution in [2.75, 3.05) is 19.7 Å². The fraction of sp³-hybridized carbons (Fsp3) is 0.588. The lowest BCUT2D eigenvalue weighted by Crippen LogP contribution is -2.62. The quantitative estimate of drug-likeness (QED) is 0.906. The Hall–Kier alpha value is -1.39. The van der Waals surface area contributed by atoms with Gasteiger partial charge in [-0.2, -0.15) is 0 Å². The van der Waals surface area contributed by atoms with Crippen LogP contribution in [-0.2, 0) is 9.53 Å². The summed E-state index contributed by atoms with van der Waals surface area (Å²) in [4.78, 5) is 14.8. The summed E-state index contributed by atoms with van der Waals surface area (Å²) in [5.41, 5.74) is 1.06. The number of hydrogen-bond donors (Lipinski definition) is 1. The standard InChI is InChI=1S/C17H24N2O2/c1-17(2)12-18-14(13-7-4-3-5-8-13)11-19(17)16(20)15-9-6-10-21-15/h3-5,7-8,14-15,18H,6,9-12H2,1-2H3. The number of ether oxygens (including phenoxy) is 1. The Morgan fingerprint density at radius 1 is 1.33 bits per heavy atom. The molecule has 0 saturated carbocycles. The van der Waals surface area contributed by atoms with E-state index in [4.69, 9.17) is 4.74 Å². The van der Waals surface area contributed by atoms with Crippen LogP contribution in [0.5, 0.6) is 0 Å². The Labute approximate surface area is 126 Å². The van der Waals surface area contributed by atoms with Crippen LogP contribution in [0.25, 0.3) is 0 Å². The minimum Gasteiger partial charge on any atom is -0.368 e.